The van der Waals surface area contributed by atoms with E-state index in [4.69, 9.17) is 8.50 Å². The molecule has 0 spiro atoms. The van der Waals surface area contributed by atoms with Gasteiger partial charge in [0.25, 0.3) is 0 Å². The second-order valence-electron chi connectivity index (χ2n) is 0.0632. The Morgan fingerprint density at radius 2 is 1.20 bits per heavy atom. The first-order valence-electron chi connectivity index (χ1n) is 0.283. The van der Waals surface area contributed by atoms with E-state index in [1.165, 1.54) is 0 Å². The molecule has 0 saturated carbocycles. The molecule has 0 aromatic heterocycles. The van der Waals surface area contributed by atoms with Crippen LogP contribution in [0.3, 0.4) is 0 Å². The number of hydrogen-bond donors (Lipinski definition) is 2. The molecule has 0 saturated heterocycles. The average Bonchev–Trinajstić information content (AvgIpc) is 0.918. The van der Waals surface area contributed by atoms with Crippen LogP contribution >= 0.6 is 0 Å². The summed E-state index contributed by atoms with van der Waals surface area (Å²) in [5, 5.41) is 0. The van der Waals surface area contributed by atoms with Crippen LogP contribution in [0.5, 0.6) is 0 Å². The monoisotopic (exact) mass is 209 g/mol. The molecule has 0 amide bonds. The van der Waals surface area contributed by atoms with Crippen molar-refractivity contribution in [3.8, 4) is 0 Å². The molecule has 0 unspecified atom stereocenters. The molecule has 43 valence electrons. The molecule has 0 heterocycles. The van der Waals surface area contributed by atoms with Crippen molar-refractivity contribution in [3.63, 3.8) is 0 Å². The van der Waals surface area contributed by atoms with Gasteiger partial charge in [0.1, 0.15) is 0 Å². The summed E-state index contributed by atoms with van der Waals surface area (Å²) in [7, 11) is 0. The molecule has 0 fully saturated rings. The Morgan fingerprint density at radius 1 is 1.20 bits per heavy atom. The Balaban J connectivity index is -0.0000000200. The molecule has 0 atom stereocenters. The van der Waals surface area contributed by atoms with Crippen LogP contribution in [-0.2, 0) is 48.4 Å². The van der Waals surface area contributed by atoms with Crippen LogP contribution in [0.15, 0.2) is 0 Å². The first kappa shape index (κ1) is 16.1. The standard InChI is InChI=1S/Co.2Ni.2H2O/h;;;2*1H2/q;;+2;;/p-2. The molecule has 0 aliphatic carbocycles. The molecule has 0 aromatic carbocycles. The molecule has 2 N–H and O–H groups in total. The third kappa shape index (κ3) is 31.6. The number of rotatable bonds is 0. The molecular formula is H2CoNi2O2. The van der Waals surface area contributed by atoms with Crippen LogP contribution in [0, 0.1) is 0 Å². The zero-order valence-electron chi connectivity index (χ0n) is 1.86. The quantitative estimate of drug-likeness (QED) is 0.497. The maximum absolute atomic E-state index is 7.06. The van der Waals surface area contributed by atoms with Gasteiger partial charge in [0.05, 0.1) is 0 Å². The normalized spacial score (nSPS) is 4.40. The molecular weight excluding hydrogens is 208 g/mol. The Hall–Kier alpha value is 1.41. The summed E-state index contributed by atoms with van der Waals surface area (Å²) in [6.07, 6.45) is 0. The van der Waals surface area contributed by atoms with E-state index in [1.807, 2.05) is 0 Å². The Morgan fingerprint density at radius 3 is 1.20 bits per heavy atom. The minimum absolute atomic E-state index is 0. The van der Waals surface area contributed by atoms with Gasteiger partial charge < -0.3 is 0 Å². The fourth-order valence-corrected chi connectivity index (χ4v) is 0. The Bertz CT molecular complexity index is 7.61. The van der Waals surface area contributed by atoms with E-state index < -0.39 is 0 Å². The van der Waals surface area contributed by atoms with Gasteiger partial charge in [0.2, 0.25) is 0 Å². The molecule has 0 aliphatic rings. The average molecular weight is 210 g/mol. The van der Waals surface area contributed by atoms with Gasteiger partial charge in [-0.25, -0.2) is 0 Å². The SMILES string of the molecule is [Co].[Ni].[OH][Ni][OH]. The summed E-state index contributed by atoms with van der Waals surface area (Å²) < 4.78 is 14.1. The zero-order valence-corrected chi connectivity index (χ0v) is 4.88. The maximum atomic E-state index is 7.06. The van der Waals surface area contributed by atoms with Crippen LogP contribution in [0.1, 0.15) is 0 Å². The summed E-state index contributed by atoms with van der Waals surface area (Å²) in [6.45, 7) is 0. The number of hydrogen-bond acceptors (Lipinski definition) is 2. The van der Waals surface area contributed by atoms with Gasteiger partial charge >= 0.3 is 23.6 Å². The van der Waals surface area contributed by atoms with Crippen LogP contribution in [-0.4, -0.2) is 8.50 Å². The third-order valence-corrected chi connectivity index (χ3v) is 0. The van der Waals surface area contributed by atoms with E-state index in [2.05, 4.69) is 0 Å². The van der Waals surface area contributed by atoms with Gasteiger partial charge in [-0.15, -0.1) is 0 Å². The van der Waals surface area contributed by atoms with Gasteiger partial charge in [0, 0.05) is 33.3 Å². The van der Waals surface area contributed by atoms with Crippen molar-refractivity contribution in [1.82, 2.24) is 0 Å². The van der Waals surface area contributed by atoms with Crippen molar-refractivity contribution in [3.05, 3.63) is 0 Å². The Kier molecular flexibility index (Phi) is 58.4. The van der Waals surface area contributed by atoms with Gasteiger partial charge in [-0.3, -0.25) is 0 Å². The van der Waals surface area contributed by atoms with Crippen molar-refractivity contribution in [2.75, 3.05) is 0 Å². The first-order chi connectivity index (χ1) is 1.41. The minimum atomic E-state index is -0.375. The second kappa shape index (κ2) is 18.1. The predicted molar refractivity (Wildman–Crippen MR) is 4.44 cm³/mol. The van der Waals surface area contributed by atoms with Crippen molar-refractivity contribution in [1.29, 1.82) is 0 Å². The van der Waals surface area contributed by atoms with Gasteiger partial charge in [-0.05, 0) is 0 Å². The third-order valence-electron chi connectivity index (χ3n) is 0. The van der Waals surface area contributed by atoms with Crippen LogP contribution < -0.4 is 0 Å². The molecule has 0 aliphatic heterocycles. The van der Waals surface area contributed by atoms with E-state index in [-0.39, 0.29) is 48.4 Å². The van der Waals surface area contributed by atoms with E-state index in [0.29, 0.717) is 0 Å². The molecule has 5 heteroatoms. The topological polar surface area (TPSA) is 40.5 Å². The van der Waals surface area contributed by atoms with Gasteiger partial charge in [-0.2, -0.15) is 0 Å². The fourth-order valence-electron chi connectivity index (χ4n) is 0. The van der Waals surface area contributed by atoms with E-state index >= 15 is 0 Å². The van der Waals surface area contributed by atoms with Crippen LogP contribution in [0.2, 0.25) is 0 Å². The van der Waals surface area contributed by atoms with Crippen LogP contribution in [0.25, 0.3) is 0 Å². The molecule has 1 radical (unpaired) electrons. The summed E-state index contributed by atoms with van der Waals surface area (Å²) >= 11 is -0.375. The van der Waals surface area contributed by atoms with Gasteiger partial charge in [0.15, 0.2) is 0 Å². The molecule has 2 nitrogen and oxygen atoms in total. The van der Waals surface area contributed by atoms with Gasteiger partial charge in [-0.1, -0.05) is 0 Å². The second-order valence-corrected chi connectivity index (χ2v) is 0.261. The van der Waals surface area contributed by atoms with E-state index in [0.717, 1.165) is 0 Å². The van der Waals surface area contributed by atoms with Crippen molar-refractivity contribution >= 4 is 0 Å². The Labute approximate surface area is 56.9 Å². The predicted octanol–water partition coefficient (Wildman–Crippen LogP) is -1.12. The fraction of sp³-hybridized carbons (Fsp3) is 0. The zero-order chi connectivity index (χ0) is 2.71. The summed E-state index contributed by atoms with van der Waals surface area (Å²) in [5.74, 6) is 0. The van der Waals surface area contributed by atoms with Crippen molar-refractivity contribution < 1.29 is 56.9 Å². The van der Waals surface area contributed by atoms with Crippen LogP contribution in [0.4, 0.5) is 0 Å². The first-order valence-corrected chi connectivity index (χ1v) is 1.17. The molecule has 0 bridgehead atoms. The van der Waals surface area contributed by atoms with Crippen molar-refractivity contribution in [2.24, 2.45) is 0 Å². The van der Waals surface area contributed by atoms with E-state index in [9.17, 15) is 0 Å². The van der Waals surface area contributed by atoms with E-state index in [1.54, 1.807) is 0 Å². The molecule has 0 aromatic rings. The van der Waals surface area contributed by atoms with Crippen molar-refractivity contribution in [2.45, 2.75) is 0 Å². The molecule has 0 rings (SSSR count). The summed E-state index contributed by atoms with van der Waals surface area (Å²) in [6, 6.07) is 0. The molecule has 5 heavy (non-hydrogen) atoms. The summed E-state index contributed by atoms with van der Waals surface area (Å²) in [4.78, 5) is 0. The summed E-state index contributed by atoms with van der Waals surface area (Å²) in [5.41, 5.74) is 0.